The fourth-order valence-electron chi connectivity index (χ4n) is 4.23. The van der Waals surface area contributed by atoms with Gasteiger partial charge in [0.15, 0.2) is 11.5 Å². The highest BCUT2D eigenvalue weighted by molar-refractivity contribution is 5.51. The lowest BCUT2D eigenvalue weighted by atomic mass is 9.81. The number of ether oxygens (including phenoxy) is 4. The van der Waals surface area contributed by atoms with E-state index in [0.717, 1.165) is 43.1 Å². The number of aromatic nitrogens is 1. The quantitative estimate of drug-likeness (QED) is 0.873. The highest BCUT2D eigenvalue weighted by Gasteiger charge is 2.36. The van der Waals surface area contributed by atoms with E-state index in [0.29, 0.717) is 11.8 Å². The van der Waals surface area contributed by atoms with Crippen molar-refractivity contribution in [2.45, 2.75) is 24.9 Å². The number of nitrogens with zero attached hydrogens (tertiary/aromatic N) is 1. The Morgan fingerprint density at radius 1 is 1.07 bits per heavy atom. The number of hydrogen-bond donors (Lipinski definition) is 1. The monoisotopic (exact) mass is 370 g/mol. The fourth-order valence-corrected chi connectivity index (χ4v) is 4.23. The summed E-state index contributed by atoms with van der Waals surface area (Å²) in [6.45, 7) is 1.58. The van der Waals surface area contributed by atoms with Crippen molar-refractivity contribution in [1.82, 2.24) is 10.3 Å². The summed E-state index contributed by atoms with van der Waals surface area (Å²) >= 11 is 0. The lowest BCUT2D eigenvalue weighted by molar-refractivity contribution is 0.172. The molecule has 1 fully saturated rings. The van der Waals surface area contributed by atoms with E-state index in [2.05, 4.69) is 28.5 Å². The molecule has 1 N–H and O–H groups in total. The van der Waals surface area contributed by atoms with Gasteiger partial charge in [-0.2, -0.15) is 0 Å². The third-order valence-electron chi connectivity index (χ3n) is 5.59. The summed E-state index contributed by atoms with van der Waals surface area (Å²) < 4.78 is 22.3. The SMILES string of the molecule is COc1cc2c(cc1OC)[C@@H]([C@H]1CCOC1)N[C@@H](c1cccnc1OC)C2. The van der Waals surface area contributed by atoms with Gasteiger partial charge >= 0.3 is 0 Å². The number of fused-ring (bicyclic) bond motifs is 1. The second-order valence-electron chi connectivity index (χ2n) is 7.03. The van der Waals surface area contributed by atoms with E-state index in [-0.39, 0.29) is 12.1 Å². The van der Waals surface area contributed by atoms with Crippen molar-refractivity contribution in [3.05, 3.63) is 47.2 Å². The number of benzene rings is 1. The lowest BCUT2D eigenvalue weighted by Gasteiger charge is -2.37. The van der Waals surface area contributed by atoms with Gasteiger partial charge in [0.05, 0.1) is 27.9 Å². The summed E-state index contributed by atoms with van der Waals surface area (Å²) in [7, 11) is 5.02. The molecular formula is C21H26N2O4. The normalized spacial score (nSPS) is 24.3. The maximum absolute atomic E-state index is 5.68. The van der Waals surface area contributed by atoms with Crippen LogP contribution in [0.1, 0.15) is 35.2 Å². The average Bonchev–Trinajstić information content (AvgIpc) is 3.26. The minimum absolute atomic E-state index is 0.116. The van der Waals surface area contributed by atoms with Crippen LogP contribution in [0.15, 0.2) is 30.5 Å². The minimum atomic E-state index is 0.116. The molecule has 0 bridgehead atoms. The van der Waals surface area contributed by atoms with E-state index in [1.165, 1.54) is 11.1 Å². The molecule has 0 spiro atoms. The first-order valence-corrected chi connectivity index (χ1v) is 9.32. The van der Waals surface area contributed by atoms with Crippen LogP contribution < -0.4 is 19.5 Å². The summed E-state index contributed by atoms with van der Waals surface area (Å²) in [5.41, 5.74) is 3.60. The number of hydrogen-bond acceptors (Lipinski definition) is 6. The van der Waals surface area contributed by atoms with Crippen molar-refractivity contribution in [2.24, 2.45) is 5.92 Å². The van der Waals surface area contributed by atoms with Gasteiger partial charge < -0.3 is 24.3 Å². The molecule has 2 aromatic rings. The van der Waals surface area contributed by atoms with E-state index in [4.69, 9.17) is 18.9 Å². The first-order valence-electron chi connectivity index (χ1n) is 9.32. The third kappa shape index (κ3) is 3.35. The molecule has 1 aromatic carbocycles. The van der Waals surface area contributed by atoms with Crippen LogP contribution >= 0.6 is 0 Å². The van der Waals surface area contributed by atoms with Gasteiger partial charge in [-0.3, -0.25) is 0 Å². The predicted octanol–water partition coefficient (Wildman–Crippen LogP) is 3.07. The lowest BCUT2D eigenvalue weighted by Crippen LogP contribution is -2.38. The predicted molar refractivity (Wildman–Crippen MR) is 102 cm³/mol. The van der Waals surface area contributed by atoms with Gasteiger partial charge in [-0.15, -0.1) is 0 Å². The third-order valence-corrected chi connectivity index (χ3v) is 5.59. The summed E-state index contributed by atoms with van der Waals surface area (Å²) in [6.07, 6.45) is 3.64. The van der Waals surface area contributed by atoms with Gasteiger partial charge in [-0.25, -0.2) is 4.98 Å². The maximum atomic E-state index is 5.68. The molecule has 2 aliphatic heterocycles. The molecule has 0 unspecified atom stereocenters. The molecule has 3 heterocycles. The molecule has 1 saturated heterocycles. The van der Waals surface area contributed by atoms with Crippen molar-refractivity contribution >= 4 is 0 Å². The molecule has 27 heavy (non-hydrogen) atoms. The van der Waals surface area contributed by atoms with Gasteiger partial charge in [0.1, 0.15) is 0 Å². The second kappa shape index (κ2) is 7.74. The first-order chi connectivity index (χ1) is 13.2. The zero-order valence-electron chi connectivity index (χ0n) is 16.0. The molecule has 2 aliphatic rings. The van der Waals surface area contributed by atoms with Crippen molar-refractivity contribution in [3.63, 3.8) is 0 Å². The highest BCUT2D eigenvalue weighted by Crippen LogP contribution is 2.43. The zero-order valence-corrected chi connectivity index (χ0v) is 16.0. The Bertz CT molecular complexity index is 805. The van der Waals surface area contributed by atoms with Crippen LogP contribution in [0.5, 0.6) is 17.4 Å². The van der Waals surface area contributed by atoms with Crippen LogP contribution in [0, 0.1) is 5.92 Å². The topological polar surface area (TPSA) is 61.8 Å². The van der Waals surface area contributed by atoms with Crippen molar-refractivity contribution in [3.8, 4) is 17.4 Å². The van der Waals surface area contributed by atoms with Gasteiger partial charge in [0, 0.05) is 36.4 Å². The van der Waals surface area contributed by atoms with E-state index < -0.39 is 0 Å². The van der Waals surface area contributed by atoms with Gasteiger partial charge in [0.2, 0.25) is 5.88 Å². The van der Waals surface area contributed by atoms with Gasteiger partial charge in [0.25, 0.3) is 0 Å². The standard InChI is InChI=1S/C21H26N2O4/c1-24-18-10-14-9-17(15-5-4-7-22-21(15)26-3)23-20(13-6-8-27-12-13)16(14)11-19(18)25-2/h4-5,7,10-11,13,17,20,23H,6,8-9,12H2,1-3H3/t13-,17+,20+/m0/s1. The summed E-state index contributed by atoms with van der Waals surface area (Å²) in [5.74, 6) is 2.61. The highest BCUT2D eigenvalue weighted by atomic mass is 16.5. The number of methoxy groups -OCH3 is 3. The van der Waals surface area contributed by atoms with E-state index >= 15 is 0 Å². The van der Waals surface area contributed by atoms with Crippen LogP contribution in [0.4, 0.5) is 0 Å². The van der Waals surface area contributed by atoms with Crippen LogP contribution in [-0.4, -0.2) is 39.5 Å². The Morgan fingerprint density at radius 3 is 2.59 bits per heavy atom. The van der Waals surface area contributed by atoms with E-state index in [1.807, 2.05) is 6.07 Å². The molecule has 144 valence electrons. The van der Waals surface area contributed by atoms with Gasteiger partial charge in [-0.1, -0.05) is 6.07 Å². The smallest absolute Gasteiger partial charge is 0.217 e. The maximum Gasteiger partial charge on any atom is 0.217 e. The Balaban J connectivity index is 1.77. The van der Waals surface area contributed by atoms with Crippen LogP contribution in [0.2, 0.25) is 0 Å². The molecule has 1 aromatic heterocycles. The Kier molecular flexibility index (Phi) is 5.18. The average molecular weight is 370 g/mol. The molecular weight excluding hydrogens is 344 g/mol. The Labute approximate surface area is 159 Å². The molecule has 0 radical (unpaired) electrons. The molecule has 4 rings (SSSR count). The van der Waals surface area contributed by atoms with E-state index in [1.54, 1.807) is 27.5 Å². The van der Waals surface area contributed by atoms with Crippen molar-refractivity contribution < 1.29 is 18.9 Å². The molecule has 6 nitrogen and oxygen atoms in total. The largest absolute Gasteiger partial charge is 0.493 e. The molecule has 0 aliphatic carbocycles. The summed E-state index contributed by atoms with van der Waals surface area (Å²) in [6, 6.07) is 8.55. The number of pyridine rings is 1. The second-order valence-corrected chi connectivity index (χ2v) is 7.03. The summed E-state index contributed by atoms with van der Waals surface area (Å²) in [4.78, 5) is 4.38. The molecule has 3 atom stereocenters. The Morgan fingerprint density at radius 2 is 1.89 bits per heavy atom. The van der Waals surface area contributed by atoms with E-state index in [9.17, 15) is 0 Å². The van der Waals surface area contributed by atoms with Crippen LogP contribution in [-0.2, 0) is 11.2 Å². The van der Waals surface area contributed by atoms with Gasteiger partial charge in [-0.05, 0) is 42.2 Å². The Hall–Kier alpha value is -2.31. The van der Waals surface area contributed by atoms with Crippen LogP contribution in [0.25, 0.3) is 0 Å². The zero-order chi connectivity index (χ0) is 18.8. The van der Waals surface area contributed by atoms with Crippen molar-refractivity contribution in [2.75, 3.05) is 34.5 Å². The first kappa shape index (κ1) is 18.1. The number of nitrogens with one attached hydrogen (secondary N) is 1. The molecule has 0 saturated carbocycles. The minimum Gasteiger partial charge on any atom is -0.493 e. The summed E-state index contributed by atoms with van der Waals surface area (Å²) in [5, 5.41) is 3.84. The molecule has 0 amide bonds. The number of rotatable bonds is 5. The van der Waals surface area contributed by atoms with Crippen LogP contribution in [0.3, 0.4) is 0 Å². The fraction of sp³-hybridized carbons (Fsp3) is 0.476. The van der Waals surface area contributed by atoms with Crippen molar-refractivity contribution in [1.29, 1.82) is 0 Å². The molecule has 6 heteroatoms.